The summed E-state index contributed by atoms with van der Waals surface area (Å²) in [5.74, 6) is -0.136. The highest BCUT2D eigenvalue weighted by molar-refractivity contribution is 6.30. The first-order chi connectivity index (χ1) is 13.1. The second kappa shape index (κ2) is 7.16. The number of hydrogen-bond acceptors (Lipinski definition) is 3. The van der Waals surface area contributed by atoms with Gasteiger partial charge in [0.05, 0.1) is 28.7 Å². The van der Waals surface area contributed by atoms with E-state index in [2.05, 4.69) is 4.98 Å². The van der Waals surface area contributed by atoms with Crippen molar-refractivity contribution in [1.82, 2.24) is 14.3 Å². The van der Waals surface area contributed by atoms with Gasteiger partial charge in [0.2, 0.25) is 5.91 Å². The van der Waals surface area contributed by atoms with Crippen molar-refractivity contribution in [2.75, 3.05) is 6.54 Å². The molecule has 0 saturated carbocycles. The highest BCUT2D eigenvalue weighted by Crippen LogP contribution is 2.25. The quantitative estimate of drug-likeness (QED) is 0.698. The number of pyridine rings is 1. The molecule has 5 nitrogen and oxygen atoms in total. The van der Waals surface area contributed by atoms with Gasteiger partial charge < -0.3 is 4.90 Å². The molecule has 1 atom stereocenters. The van der Waals surface area contributed by atoms with E-state index in [0.29, 0.717) is 35.7 Å². The third-order valence-electron chi connectivity index (χ3n) is 5.15. The van der Waals surface area contributed by atoms with Crippen LogP contribution in [0.2, 0.25) is 5.02 Å². The molecule has 0 spiro atoms. The molecular weight excluding hydrogens is 362 g/mol. The summed E-state index contributed by atoms with van der Waals surface area (Å²) in [6.45, 7) is 2.88. The molecule has 3 aromatic rings. The number of fused-ring (bicyclic) bond motifs is 2. The van der Waals surface area contributed by atoms with E-state index in [1.165, 1.54) is 4.40 Å². The summed E-state index contributed by atoms with van der Waals surface area (Å²) >= 11 is 6.03. The van der Waals surface area contributed by atoms with Crippen molar-refractivity contribution in [3.63, 3.8) is 0 Å². The standard InChI is InChI=1S/C21H20ClN3O2/c1-2-16(14-6-4-3-5-7-14)20(26)24-11-10-18-17(13-24)21(27)25-12-15(22)8-9-19(25)23-18/h3-9,12,16H,2,10-11,13H2,1H3. The van der Waals surface area contributed by atoms with Gasteiger partial charge in [0, 0.05) is 19.2 Å². The number of rotatable bonds is 3. The van der Waals surface area contributed by atoms with E-state index in [-0.39, 0.29) is 17.4 Å². The van der Waals surface area contributed by atoms with Crippen molar-refractivity contribution in [2.45, 2.75) is 32.2 Å². The summed E-state index contributed by atoms with van der Waals surface area (Å²) in [5.41, 5.74) is 2.80. The molecule has 1 aliphatic rings. The first-order valence-corrected chi connectivity index (χ1v) is 9.49. The number of halogens is 1. The fourth-order valence-electron chi connectivity index (χ4n) is 3.72. The lowest BCUT2D eigenvalue weighted by Crippen LogP contribution is -2.42. The number of carbonyl (C=O) groups excluding carboxylic acids is 1. The monoisotopic (exact) mass is 381 g/mol. The van der Waals surface area contributed by atoms with Crippen LogP contribution in [0.3, 0.4) is 0 Å². The molecule has 1 aromatic carbocycles. The summed E-state index contributed by atoms with van der Waals surface area (Å²) in [6.07, 6.45) is 2.88. The lowest BCUT2D eigenvalue weighted by molar-refractivity contribution is -0.133. The fourth-order valence-corrected chi connectivity index (χ4v) is 3.88. The molecule has 1 amide bonds. The third-order valence-corrected chi connectivity index (χ3v) is 5.38. The highest BCUT2D eigenvalue weighted by atomic mass is 35.5. The maximum Gasteiger partial charge on any atom is 0.263 e. The summed E-state index contributed by atoms with van der Waals surface area (Å²) in [6, 6.07) is 13.3. The molecular formula is C21H20ClN3O2. The predicted molar refractivity (Wildman–Crippen MR) is 105 cm³/mol. The van der Waals surface area contributed by atoms with Crippen molar-refractivity contribution in [2.24, 2.45) is 0 Å². The second-order valence-electron chi connectivity index (χ2n) is 6.80. The number of aromatic nitrogens is 2. The number of amides is 1. The average molecular weight is 382 g/mol. The first-order valence-electron chi connectivity index (χ1n) is 9.12. The van der Waals surface area contributed by atoms with Crippen molar-refractivity contribution in [1.29, 1.82) is 0 Å². The molecule has 0 radical (unpaired) electrons. The van der Waals surface area contributed by atoms with E-state index in [9.17, 15) is 9.59 Å². The van der Waals surface area contributed by atoms with Gasteiger partial charge in [-0.05, 0) is 24.1 Å². The Morgan fingerprint density at radius 1 is 1.22 bits per heavy atom. The Kier molecular flexibility index (Phi) is 4.70. The normalized spacial score (nSPS) is 14.8. The van der Waals surface area contributed by atoms with E-state index < -0.39 is 0 Å². The zero-order valence-corrected chi connectivity index (χ0v) is 15.8. The van der Waals surface area contributed by atoms with Gasteiger partial charge in [-0.2, -0.15) is 0 Å². The molecule has 0 N–H and O–H groups in total. The molecule has 1 aliphatic heterocycles. The number of carbonyl (C=O) groups is 1. The van der Waals surface area contributed by atoms with Crippen molar-refractivity contribution in [3.8, 4) is 0 Å². The third kappa shape index (κ3) is 3.23. The van der Waals surface area contributed by atoms with Crippen molar-refractivity contribution in [3.05, 3.63) is 80.9 Å². The van der Waals surface area contributed by atoms with Crippen LogP contribution in [0.25, 0.3) is 5.65 Å². The van der Waals surface area contributed by atoms with Crippen LogP contribution in [0.5, 0.6) is 0 Å². The molecule has 2 aromatic heterocycles. The Bertz CT molecular complexity index is 1060. The van der Waals surface area contributed by atoms with Gasteiger partial charge in [-0.3, -0.25) is 14.0 Å². The van der Waals surface area contributed by atoms with Crippen LogP contribution in [0.4, 0.5) is 0 Å². The summed E-state index contributed by atoms with van der Waals surface area (Å²) in [4.78, 5) is 32.5. The zero-order valence-electron chi connectivity index (χ0n) is 15.1. The molecule has 0 aliphatic carbocycles. The number of benzene rings is 1. The van der Waals surface area contributed by atoms with E-state index in [1.807, 2.05) is 37.3 Å². The SMILES string of the molecule is CCC(C(=O)N1CCc2nc3ccc(Cl)cn3c(=O)c2C1)c1ccccc1. The summed E-state index contributed by atoms with van der Waals surface area (Å²) in [7, 11) is 0. The minimum absolute atomic E-state index is 0.0601. The molecule has 4 rings (SSSR count). The van der Waals surface area contributed by atoms with Gasteiger partial charge in [-0.1, -0.05) is 48.9 Å². The molecule has 27 heavy (non-hydrogen) atoms. The van der Waals surface area contributed by atoms with Crippen LogP contribution in [0.1, 0.15) is 36.1 Å². The van der Waals surface area contributed by atoms with Gasteiger partial charge in [-0.25, -0.2) is 4.98 Å². The second-order valence-corrected chi connectivity index (χ2v) is 7.24. The minimum Gasteiger partial charge on any atom is -0.337 e. The van der Waals surface area contributed by atoms with Gasteiger partial charge in [-0.15, -0.1) is 0 Å². The van der Waals surface area contributed by atoms with Crippen molar-refractivity contribution < 1.29 is 4.79 Å². The fraction of sp³-hybridized carbons (Fsp3) is 0.286. The Morgan fingerprint density at radius 2 is 2.00 bits per heavy atom. The van der Waals surface area contributed by atoms with Crippen molar-refractivity contribution >= 4 is 23.2 Å². The first kappa shape index (κ1) is 17.7. The molecule has 3 heterocycles. The topological polar surface area (TPSA) is 54.7 Å². The van der Waals surface area contributed by atoms with Crippen LogP contribution < -0.4 is 5.56 Å². The minimum atomic E-state index is -0.196. The summed E-state index contributed by atoms with van der Waals surface area (Å²) < 4.78 is 1.46. The van der Waals surface area contributed by atoms with E-state index in [4.69, 9.17) is 11.6 Å². The number of nitrogens with zero attached hydrogens (tertiary/aromatic N) is 3. The van der Waals surface area contributed by atoms with Crippen LogP contribution in [0, 0.1) is 0 Å². The van der Waals surface area contributed by atoms with Crippen LogP contribution in [-0.2, 0) is 17.8 Å². The Hall–Kier alpha value is -2.66. The maximum absolute atomic E-state index is 13.1. The molecule has 138 valence electrons. The summed E-state index contributed by atoms with van der Waals surface area (Å²) in [5, 5.41) is 0.477. The molecule has 1 unspecified atom stereocenters. The van der Waals surface area contributed by atoms with Crippen LogP contribution in [-0.4, -0.2) is 26.7 Å². The van der Waals surface area contributed by atoms with E-state index >= 15 is 0 Å². The molecule has 0 saturated heterocycles. The van der Waals surface area contributed by atoms with Gasteiger partial charge >= 0.3 is 0 Å². The van der Waals surface area contributed by atoms with Gasteiger partial charge in [0.25, 0.3) is 5.56 Å². The Labute approximate surface area is 162 Å². The lowest BCUT2D eigenvalue weighted by atomic mass is 9.94. The molecule has 0 bridgehead atoms. The van der Waals surface area contributed by atoms with Gasteiger partial charge in [0.1, 0.15) is 5.65 Å². The van der Waals surface area contributed by atoms with Crippen LogP contribution in [0.15, 0.2) is 53.5 Å². The van der Waals surface area contributed by atoms with E-state index in [1.54, 1.807) is 23.2 Å². The number of hydrogen-bond donors (Lipinski definition) is 0. The highest BCUT2D eigenvalue weighted by Gasteiger charge is 2.29. The smallest absolute Gasteiger partial charge is 0.263 e. The van der Waals surface area contributed by atoms with E-state index in [0.717, 1.165) is 17.7 Å². The molecule has 6 heteroatoms. The largest absolute Gasteiger partial charge is 0.337 e. The van der Waals surface area contributed by atoms with Crippen LogP contribution >= 0.6 is 11.6 Å². The van der Waals surface area contributed by atoms with Gasteiger partial charge in [0.15, 0.2) is 0 Å². The molecule has 0 fully saturated rings. The zero-order chi connectivity index (χ0) is 19.0. The Morgan fingerprint density at radius 3 is 2.74 bits per heavy atom. The lowest BCUT2D eigenvalue weighted by Gasteiger charge is -2.31. The Balaban J connectivity index is 1.68. The predicted octanol–water partition coefficient (Wildman–Crippen LogP) is 3.43. The average Bonchev–Trinajstić information content (AvgIpc) is 2.70. The maximum atomic E-state index is 13.1.